The Morgan fingerprint density at radius 2 is 2.16 bits per heavy atom. The first kappa shape index (κ1) is 15.6. The van der Waals surface area contributed by atoms with Crippen molar-refractivity contribution in [1.29, 1.82) is 5.26 Å². The second-order valence-electron chi connectivity index (χ2n) is 4.48. The van der Waals surface area contributed by atoms with Crippen LogP contribution < -0.4 is 4.72 Å². The molecule has 1 unspecified atom stereocenters. The Bertz CT molecular complexity index is 576. The van der Waals surface area contributed by atoms with Gasteiger partial charge in [0.25, 0.3) is 0 Å². The van der Waals surface area contributed by atoms with Gasteiger partial charge in [-0.25, -0.2) is 13.1 Å². The third-order valence-electron chi connectivity index (χ3n) is 2.75. The fourth-order valence-corrected chi connectivity index (χ4v) is 3.31. The Kier molecular flexibility index (Phi) is 5.48. The molecule has 0 fully saturated rings. The Balaban J connectivity index is 2.92. The average molecular weight is 282 g/mol. The second-order valence-corrected chi connectivity index (χ2v) is 6.16. The van der Waals surface area contributed by atoms with Gasteiger partial charge < -0.3 is 5.11 Å². The third kappa shape index (κ3) is 4.31. The fourth-order valence-electron chi connectivity index (χ4n) is 1.81. The zero-order chi connectivity index (χ0) is 14.5. The lowest BCUT2D eigenvalue weighted by Gasteiger charge is -2.15. The smallest absolute Gasteiger partial charge is 0.241 e. The Morgan fingerprint density at radius 1 is 1.47 bits per heavy atom. The van der Waals surface area contributed by atoms with Gasteiger partial charge in [-0.05, 0) is 50.5 Å². The lowest BCUT2D eigenvalue weighted by atomic mass is 10.2. The third-order valence-corrected chi connectivity index (χ3v) is 4.49. The van der Waals surface area contributed by atoms with Crippen LogP contribution >= 0.6 is 0 Å². The summed E-state index contributed by atoms with van der Waals surface area (Å²) in [6.07, 6.45) is 1.13. The van der Waals surface area contributed by atoms with Crippen LogP contribution in [-0.4, -0.2) is 26.2 Å². The molecule has 0 aliphatic rings. The SMILES string of the molecule is Cc1cc(C#N)ccc1S(=O)(=O)NC(C)CCCO. The van der Waals surface area contributed by atoms with E-state index in [1.807, 2.05) is 6.07 Å². The van der Waals surface area contributed by atoms with E-state index in [4.69, 9.17) is 10.4 Å². The van der Waals surface area contributed by atoms with Crippen molar-refractivity contribution < 1.29 is 13.5 Å². The molecular weight excluding hydrogens is 264 g/mol. The van der Waals surface area contributed by atoms with E-state index < -0.39 is 10.0 Å². The molecule has 0 aliphatic heterocycles. The molecule has 0 heterocycles. The predicted molar refractivity (Wildman–Crippen MR) is 72.0 cm³/mol. The average Bonchev–Trinajstić information content (AvgIpc) is 2.35. The lowest BCUT2D eigenvalue weighted by molar-refractivity contribution is 0.279. The van der Waals surface area contributed by atoms with Crippen molar-refractivity contribution in [2.45, 2.75) is 37.6 Å². The molecule has 104 valence electrons. The molecule has 0 spiro atoms. The van der Waals surface area contributed by atoms with Gasteiger partial charge in [0.15, 0.2) is 0 Å². The van der Waals surface area contributed by atoms with Gasteiger partial charge in [-0.15, -0.1) is 0 Å². The summed E-state index contributed by atoms with van der Waals surface area (Å²) in [6, 6.07) is 6.20. The number of hydrogen-bond acceptors (Lipinski definition) is 4. The van der Waals surface area contributed by atoms with Crippen molar-refractivity contribution in [1.82, 2.24) is 4.72 Å². The van der Waals surface area contributed by atoms with Gasteiger partial charge in [-0.2, -0.15) is 5.26 Å². The van der Waals surface area contributed by atoms with Gasteiger partial charge in [0, 0.05) is 12.6 Å². The van der Waals surface area contributed by atoms with E-state index in [0.29, 0.717) is 24.0 Å². The van der Waals surface area contributed by atoms with Gasteiger partial charge in [0.05, 0.1) is 16.5 Å². The number of nitriles is 1. The second kappa shape index (κ2) is 6.66. The maximum absolute atomic E-state index is 12.2. The van der Waals surface area contributed by atoms with Crippen molar-refractivity contribution in [2.75, 3.05) is 6.61 Å². The molecule has 0 saturated heterocycles. The van der Waals surface area contributed by atoms with E-state index in [2.05, 4.69) is 4.72 Å². The molecule has 0 amide bonds. The number of aliphatic hydroxyl groups excluding tert-OH is 1. The molecule has 1 atom stereocenters. The molecule has 6 heteroatoms. The maximum atomic E-state index is 12.2. The number of aliphatic hydroxyl groups is 1. The first-order valence-electron chi connectivity index (χ1n) is 6.04. The van der Waals surface area contributed by atoms with Crippen molar-refractivity contribution in [3.05, 3.63) is 29.3 Å². The van der Waals surface area contributed by atoms with E-state index in [1.54, 1.807) is 19.9 Å². The van der Waals surface area contributed by atoms with Gasteiger partial charge >= 0.3 is 0 Å². The topological polar surface area (TPSA) is 90.2 Å². The summed E-state index contributed by atoms with van der Waals surface area (Å²) >= 11 is 0. The molecule has 0 aliphatic carbocycles. The highest BCUT2D eigenvalue weighted by Gasteiger charge is 2.19. The van der Waals surface area contributed by atoms with E-state index in [1.165, 1.54) is 12.1 Å². The summed E-state index contributed by atoms with van der Waals surface area (Å²) in [5.41, 5.74) is 0.977. The fraction of sp³-hybridized carbons (Fsp3) is 0.462. The van der Waals surface area contributed by atoms with E-state index in [0.717, 1.165) is 0 Å². The molecule has 19 heavy (non-hydrogen) atoms. The summed E-state index contributed by atoms with van der Waals surface area (Å²) in [4.78, 5) is 0.183. The predicted octanol–water partition coefficient (Wildman–Crippen LogP) is 1.31. The zero-order valence-corrected chi connectivity index (χ0v) is 11.9. The van der Waals surface area contributed by atoms with Gasteiger partial charge in [-0.3, -0.25) is 0 Å². The zero-order valence-electron chi connectivity index (χ0n) is 11.0. The van der Waals surface area contributed by atoms with Crippen LogP contribution in [0.1, 0.15) is 30.9 Å². The lowest BCUT2D eigenvalue weighted by Crippen LogP contribution is -2.33. The Hall–Kier alpha value is -1.42. The minimum Gasteiger partial charge on any atom is -0.396 e. The summed E-state index contributed by atoms with van der Waals surface area (Å²) in [5.74, 6) is 0. The highest BCUT2D eigenvalue weighted by molar-refractivity contribution is 7.89. The van der Waals surface area contributed by atoms with E-state index in [9.17, 15) is 8.42 Å². The molecule has 5 nitrogen and oxygen atoms in total. The van der Waals surface area contributed by atoms with Gasteiger partial charge in [0.2, 0.25) is 10.0 Å². The van der Waals surface area contributed by atoms with Crippen molar-refractivity contribution in [3.63, 3.8) is 0 Å². The molecule has 1 aromatic rings. The maximum Gasteiger partial charge on any atom is 0.241 e. The molecule has 0 radical (unpaired) electrons. The van der Waals surface area contributed by atoms with Crippen molar-refractivity contribution >= 4 is 10.0 Å². The van der Waals surface area contributed by atoms with Crippen LogP contribution in [0.5, 0.6) is 0 Å². The van der Waals surface area contributed by atoms with Crippen molar-refractivity contribution in [3.8, 4) is 6.07 Å². The first-order chi connectivity index (χ1) is 8.90. The monoisotopic (exact) mass is 282 g/mol. The summed E-state index contributed by atoms with van der Waals surface area (Å²) in [5, 5.41) is 17.5. The number of sulfonamides is 1. The van der Waals surface area contributed by atoms with Crippen LogP contribution in [0.25, 0.3) is 0 Å². The highest BCUT2D eigenvalue weighted by atomic mass is 32.2. The van der Waals surface area contributed by atoms with E-state index in [-0.39, 0.29) is 17.5 Å². The van der Waals surface area contributed by atoms with E-state index >= 15 is 0 Å². The van der Waals surface area contributed by atoms with Crippen LogP contribution in [0.15, 0.2) is 23.1 Å². The number of benzene rings is 1. The molecule has 0 aromatic heterocycles. The Morgan fingerprint density at radius 3 is 2.68 bits per heavy atom. The number of nitrogens with one attached hydrogen (secondary N) is 1. The van der Waals surface area contributed by atoms with Crippen LogP contribution in [0.4, 0.5) is 0 Å². The molecule has 2 N–H and O–H groups in total. The first-order valence-corrected chi connectivity index (χ1v) is 7.53. The minimum atomic E-state index is -3.59. The van der Waals surface area contributed by atoms with Crippen LogP contribution in [0.2, 0.25) is 0 Å². The number of rotatable bonds is 6. The number of hydrogen-bond donors (Lipinski definition) is 2. The quantitative estimate of drug-likeness (QED) is 0.823. The van der Waals surface area contributed by atoms with Gasteiger partial charge in [0.1, 0.15) is 0 Å². The normalized spacial score (nSPS) is 12.9. The molecule has 0 saturated carbocycles. The standard InChI is InChI=1S/C13H18N2O3S/c1-10-8-12(9-14)5-6-13(10)19(17,18)15-11(2)4-3-7-16/h5-6,8,11,15-16H,3-4,7H2,1-2H3. The number of aryl methyl sites for hydroxylation is 1. The number of nitrogens with zero attached hydrogens (tertiary/aromatic N) is 1. The van der Waals surface area contributed by atoms with Crippen LogP contribution in [0, 0.1) is 18.3 Å². The molecule has 0 bridgehead atoms. The Labute approximate surface area is 113 Å². The highest BCUT2D eigenvalue weighted by Crippen LogP contribution is 2.17. The van der Waals surface area contributed by atoms with Crippen LogP contribution in [0.3, 0.4) is 0 Å². The molecule has 1 rings (SSSR count). The van der Waals surface area contributed by atoms with Gasteiger partial charge in [-0.1, -0.05) is 0 Å². The largest absolute Gasteiger partial charge is 0.396 e. The minimum absolute atomic E-state index is 0.0436. The summed E-state index contributed by atoms with van der Waals surface area (Å²) in [7, 11) is -3.59. The molecule has 1 aromatic carbocycles. The summed E-state index contributed by atoms with van der Waals surface area (Å²) in [6.45, 7) is 3.46. The summed E-state index contributed by atoms with van der Waals surface area (Å²) < 4.78 is 26.9. The van der Waals surface area contributed by atoms with Crippen molar-refractivity contribution in [2.24, 2.45) is 0 Å². The van der Waals surface area contributed by atoms with Crippen LogP contribution in [-0.2, 0) is 10.0 Å². The molecular formula is C13H18N2O3S.